The molecule has 0 saturated carbocycles. The molecule has 3 rings (SSSR count). The maximum Gasteiger partial charge on any atom is 0.483 e. The van der Waals surface area contributed by atoms with Crippen molar-refractivity contribution in [1.82, 2.24) is 15.0 Å². The van der Waals surface area contributed by atoms with Gasteiger partial charge in [-0.3, -0.25) is 0 Å². The van der Waals surface area contributed by atoms with Gasteiger partial charge in [-0.1, -0.05) is 0 Å². The monoisotopic (exact) mass is 341 g/mol. The lowest BCUT2D eigenvalue weighted by molar-refractivity contribution is -0.617. The average molecular weight is 341 g/mol. The van der Waals surface area contributed by atoms with E-state index in [1.165, 1.54) is 58.2 Å². The lowest BCUT2D eigenvalue weighted by atomic mass is 10.3. The van der Waals surface area contributed by atoms with Crippen molar-refractivity contribution >= 4 is 11.9 Å². The van der Waals surface area contributed by atoms with Crippen LogP contribution in [0.25, 0.3) is 11.9 Å². The van der Waals surface area contributed by atoms with Crippen molar-refractivity contribution in [3.05, 3.63) is 70.7 Å². The van der Waals surface area contributed by atoms with E-state index >= 15 is 0 Å². The van der Waals surface area contributed by atoms with Gasteiger partial charge >= 0.3 is 29.5 Å². The number of rotatable bonds is 4. The van der Waals surface area contributed by atoms with Crippen LogP contribution in [-0.2, 0) is 0 Å². The summed E-state index contributed by atoms with van der Waals surface area (Å²) in [5.41, 5.74) is -0.723. The lowest BCUT2D eigenvalue weighted by Crippen LogP contribution is -2.41. The van der Waals surface area contributed by atoms with Crippen molar-refractivity contribution < 1.29 is 28.9 Å². The number of carbonyl (C=O) groups is 2. The molecule has 3 aromatic heterocycles. The second-order valence-corrected chi connectivity index (χ2v) is 4.89. The molecule has 0 unspecified atom stereocenters. The number of pyridine rings is 2. The Morgan fingerprint density at radius 1 is 0.920 bits per heavy atom. The Bertz CT molecular complexity index is 967. The molecule has 3 heterocycles. The Kier molecular flexibility index (Phi) is 4.00. The van der Waals surface area contributed by atoms with Crippen LogP contribution < -0.4 is 14.8 Å². The van der Waals surface area contributed by atoms with Gasteiger partial charge in [-0.2, -0.15) is 4.98 Å². The minimum atomic E-state index is -1.14. The standard InChI is InChI=1S/C15H9N5O5/c21-11(22)9-3-1-5-19(7-9)13-16-14(18-15(25)17-13)20-6-2-4-10(8-20)12(23)24/h1-8H,(H-2,16,17,18,21,22,23,24,25)/p+2. The molecule has 0 fully saturated rings. The molecule has 0 aromatic carbocycles. The van der Waals surface area contributed by atoms with E-state index in [0.717, 1.165) is 0 Å². The molecule has 124 valence electrons. The Morgan fingerprint density at radius 2 is 1.48 bits per heavy atom. The molecule has 3 N–H and O–H groups in total. The first kappa shape index (κ1) is 15.9. The van der Waals surface area contributed by atoms with Crippen molar-refractivity contribution in [2.24, 2.45) is 0 Å². The van der Waals surface area contributed by atoms with Crippen LogP contribution in [0.4, 0.5) is 0 Å². The number of aromatic carboxylic acids is 2. The van der Waals surface area contributed by atoms with Crippen molar-refractivity contribution in [3.63, 3.8) is 0 Å². The summed E-state index contributed by atoms with van der Waals surface area (Å²) in [6.07, 6.45) is 5.54. The Morgan fingerprint density at radius 3 is 2.08 bits per heavy atom. The van der Waals surface area contributed by atoms with E-state index in [0.29, 0.717) is 0 Å². The Balaban J connectivity index is 2.12. The quantitative estimate of drug-likeness (QED) is 0.523. The summed E-state index contributed by atoms with van der Waals surface area (Å²) in [7, 11) is 0. The zero-order chi connectivity index (χ0) is 18.0. The largest absolute Gasteiger partial charge is 0.483 e. The molecule has 0 aliphatic carbocycles. The van der Waals surface area contributed by atoms with Crippen LogP contribution in [0.1, 0.15) is 20.7 Å². The molecular formula is C15H11N5O5+2. The highest BCUT2D eigenvalue weighted by molar-refractivity contribution is 5.87. The molecule has 0 spiro atoms. The fourth-order valence-electron chi connectivity index (χ4n) is 2.06. The predicted molar refractivity (Wildman–Crippen MR) is 79.6 cm³/mol. The smallest absolute Gasteiger partial charge is 0.478 e. The first-order chi connectivity index (χ1) is 11.9. The summed E-state index contributed by atoms with van der Waals surface area (Å²) in [6, 6.07) is 5.75. The average Bonchev–Trinajstić information content (AvgIpc) is 2.61. The van der Waals surface area contributed by atoms with Crippen molar-refractivity contribution in [2.45, 2.75) is 0 Å². The highest BCUT2D eigenvalue weighted by atomic mass is 16.4. The van der Waals surface area contributed by atoms with Crippen molar-refractivity contribution in [1.29, 1.82) is 0 Å². The zero-order valence-electron chi connectivity index (χ0n) is 12.5. The van der Waals surface area contributed by atoms with Crippen LogP contribution in [-0.4, -0.2) is 37.1 Å². The molecule has 0 aliphatic heterocycles. The summed E-state index contributed by atoms with van der Waals surface area (Å²) in [5, 5.41) is 18.1. The fourth-order valence-corrected chi connectivity index (χ4v) is 2.06. The lowest BCUT2D eigenvalue weighted by Gasteiger charge is -2.00. The highest BCUT2D eigenvalue weighted by Crippen LogP contribution is 1.98. The summed E-state index contributed by atoms with van der Waals surface area (Å²) in [4.78, 5) is 44.2. The summed E-state index contributed by atoms with van der Waals surface area (Å²) in [5.74, 6) is -2.29. The van der Waals surface area contributed by atoms with Gasteiger partial charge in [0, 0.05) is 9.97 Å². The van der Waals surface area contributed by atoms with Gasteiger partial charge in [0.1, 0.15) is 0 Å². The molecule has 0 atom stereocenters. The molecule has 0 radical (unpaired) electrons. The maximum atomic E-state index is 11.8. The summed E-state index contributed by atoms with van der Waals surface area (Å²) in [6.45, 7) is 0. The number of carboxylic acids is 2. The number of hydrogen-bond donors (Lipinski definition) is 3. The topological polar surface area (TPSA) is 141 Å². The molecule has 0 saturated heterocycles. The molecule has 0 amide bonds. The van der Waals surface area contributed by atoms with Gasteiger partial charge in [-0.05, 0) is 24.3 Å². The van der Waals surface area contributed by atoms with Gasteiger partial charge in [-0.25, -0.2) is 23.5 Å². The van der Waals surface area contributed by atoms with Gasteiger partial charge in [0.05, 0.1) is 35.9 Å². The van der Waals surface area contributed by atoms with Gasteiger partial charge in [0.15, 0.2) is 0 Å². The molecule has 10 nitrogen and oxygen atoms in total. The van der Waals surface area contributed by atoms with E-state index in [1.54, 1.807) is 0 Å². The molecule has 10 heteroatoms. The summed E-state index contributed by atoms with van der Waals surface area (Å²) < 4.78 is 2.60. The second-order valence-electron chi connectivity index (χ2n) is 4.89. The van der Waals surface area contributed by atoms with E-state index < -0.39 is 17.6 Å². The fraction of sp³-hybridized carbons (Fsp3) is 0. The summed E-state index contributed by atoms with van der Waals surface area (Å²) >= 11 is 0. The van der Waals surface area contributed by atoms with Crippen LogP contribution in [0.5, 0.6) is 0 Å². The number of aromatic nitrogens is 5. The molecule has 3 aromatic rings. The van der Waals surface area contributed by atoms with Crippen LogP contribution in [0, 0.1) is 0 Å². The molecule has 0 aliphatic rings. The minimum Gasteiger partial charge on any atom is -0.478 e. The first-order valence-corrected chi connectivity index (χ1v) is 6.92. The number of aromatic amines is 1. The first-order valence-electron chi connectivity index (χ1n) is 6.92. The third-order valence-electron chi connectivity index (χ3n) is 3.20. The molecule has 25 heavy (non-hydrogen) atoms. The minimum absolute atomic E-state index is 0.00374. The SMILES string of the molecule is O=C(O)c1ccc[n+](-c2nc(-[n+]3cccc(C(=O)O)c3)[nH]c(=O)n2)c1. The van der Waals surface area contributed by atoms with Crippen LogP contribution in [0.2, 0.25) is 0 Å². The third-order valence-corrected chi connectivity index (χ3v) is 3.20. The van der Waals surface area contributed by atoms with Gasteiger partial charge < -0.3 is 10.2 Å². The van der Waals surface area contributed by atoms with E-state index in [-0.39, 0.29) is 23.0 Å². The van der Waals surface area contributed by atoms with Crippen LogP contribution in [0.3, 0.4) is 0 Å². The highest BCUT2D eigenvalue weighted by Gasteiger charge is 2.21. The van der Waals surface area contributed by atoms with Crippen molar-refractivity contribution in [3.8, 4) is 11.9 Å². The van der Waals surface area contributed by atoms with E-state index in [4.69, 9.17) is 10.2 Å². The number of nitrogens with zero attached hydrogens (tertiary/aromatic N) is 4. The number of nitrogens with one attached hydrogen (secondary N) is 1. The second kappa shape index (κ2) is 6.28. The van der Waals surface area contributed by atoms with E-state index in [2.05, 4.69) is 15.0 Å². The molecular weight excluding hydrogens is 330 g/mol. The van der Waals surface area contributed by atoms with Crippen LogP contribution >= 0.6 is 0 Å². The number of carboxylic acid groups (broad SMARTS) is 2. The van der Waals surface area contributed by atoms with Gasteiger partial charge in [0.25, 0.3) is 0 Å². The molecule has 0 bridgehead atoms. The zero-order valence-corrected chi connectivity index (χ0v) is 12.5. The van der Waals surface area contributed by atoms with Gasteiger partial charge in [0.2, 0.25) is 0 Å². The number of hydrogen-bond acceptors (Lipinski definition) is 5. The van der Waals surface area contributed by atoms with Crippen molar-refractivity contribution in [2.75, 3.05) is 0 Å². The van der Waals surface area contributed by atoms with E-state index in [9.17, 15) is 14.4 Å². The Hall–Kier alpha value is -3.95. The third kappa shape index (κ3) is 3.37. The maximum absolute atomic E-state index is 11.8. The number of H-pyrrole nitrogens is 1. The van der Waals surface area contributed by atoms with E-state index in [1.807, 2.05) is 0 Å². The van der Waals surface area contributed by atoms with Crippen LogP contribution in [0.15, 0.2) is 53.8 Å². The Labute approximate surface area is 139 Å². The van der Waals surface area contributed by atoms with Gasteiger partial charge in [-0.15, -0.1) is 0 Å². The predicted octanol–water partition coefficient (Wildman–Crippen LogP) is -0.885. The normalized spacial score (nSPS) is 10.4.